The average Bonchev–Trinajstić information content (AvgIpc) is 2.30. The molecule has 0 aliphatic carbocycles. The van der Waals surface area contributed by atoms with Crippen LogP contribution in [-0.4, -0.2) is 12.1 Å². The predicted molar refractivity (Wildman–Crippen MR) is 86.0 cm³/mol. The molecule has 2 unspecified atom stereocenters. The average molecular weight is 282 g/mol. The van der Waals surface area contributed by atoms with Gasteiger partial charge in [-0.1, -0.05) is 50.4 Å². The fourth-order valence-corrected chi connectivity index (χ4v) is 2.56. The molecule has 0 bridgehead atoms. The van der Waals surface area contributed by atoms with Crippen molar-refractivity contribution >= 4 is 11.6 Å². The van der Waals surface area contributed by atoms with Crippen LogP contribution < -0.4 is 5.32 Å². The smallest absolute Gasteiger partial charge is 0.0406 e. The Bertz CT molecular complexity index is 364. The molecule has 1 aromatic rings. The van der Waals surface area contributed by atoms with Gasteiger partial charge >= 0.3 is 0 Å². The highest BCUT2D eigenvalue weighted by atomic mass is 35.5. The van der Waals surface area contributed by atoms with E-state index in [9.17, 15) is 0 Å². The fraction of sp³-hybridized carbons (Fsp3) is 0.647. The number of hydrogen-bond donors (Lipinski definition) is 1. The van der Waals surface area contributed by atoms with Crippen molar-refractivity contribution in [1.29, 1.82) is 0 Å². The molecule has 0 aromatic heterocycles. The molecule has 2 atom stereocenters. The Morgan fingerprint density at radius 1 is 1.16 bits per heavy atom. The molecule has 0 amide bonds. The summed E-state index contributed by atoms with van der Waals surface area (Å²) in [7, 11) is 0. The monoisotopic (exact) mass is 281 g/mol. The maximum Gasteiger partial charge on any atom is 0.0406 e. The van der Waals surface area contributed by atoms with Gasteiger partial charge in [-0.15, -0.1) is 0 Å². The van der Waals surface area contributed by atoms with Gasteiger partial charge < -0.3 is 5.32 Å². The summed E-state index contributed by atoms with van der Waals surface area (Å²) in [5, 5.41) is 4.46. The molecule has 2 heteroatoms. The van der Waals surface area contributed by atoms with Crippen molar-refractivity contribution in [3.63, 3.8) is 0 Å². The summed E-state index contributed by atoms with van der Waals surface area (Å²) >= 11 is 5.99. The Morgan fingerprint density at radius 2 is 1.74 bits per heavy atom. The molecular formula is C17H28ClN. The standard InChI is InChI=1S/C17H28ClN/c1-6-7-13(2)16(12-19-17(3,4)5)14-8-10-15(18)11-9-14/h8-11,13,16,19H,6-7,12H2,1-5H3. The zero-order chi connectivity index (χ0) is 14.5. The van der Waals surface area contributed by atoms with Gasteiger partial charge in [-0.3, -0.25) is 0 Å². The quantitative estimate of drug-likeness (QED) is 0.751. The van der Waals surface area contributed by atoms with Gasteiger partial charge in [0.15, 0.2) is 0 Å². The van der Waals surface area contributed by atoms with Crippen LogP contribution in [0.25, 0.3) is 0 Å². The second-order valence-corrected chi connectivity index (χ2v) is 6.99. The van der Waals surface area contributed by atoms with Crippen LogP contribution >= 0.6 is 11.6 Å². The van der Waals surface area contributed by atoms with Crippen LogP contribution in [0.5, 0.6) is 0 Å². The summed E-state index contributed by atoms with van der Waals surface area (Å²) in [5.74, 6) is 1.23. The Hall–Kier alpha value is -0.530. The van der Waals surface area contributed by atoms with Crippen LogP contribution in [0.15, 0.2) is 24.3 Å². The topological polar surface area (TPSA) is 12.0 Å². The van der Waals surface area contributed by atoms with Crippen LogP contribution in [0.4, 0.5) is 0 Å². The highest BCUT2D eigenvalue weighted by Gasteiger charge is 2.21. The minimum absolute atomic E-state index is 0.163. The lowest BCUT2D eigenvalue weighted by atomic mass is 9.84. The number of hydrogen-bond acceptors (Lipinski definition) is 1. The van der Waals surface area contributed by atoms with Gasteiger partial charge in [-0.2, -0.15) is 0 Å². The zero-order valence-corrected chi connectivity index (χ0v) is 13.7. The lowest BCUT2D eigenvalue weighted by Gasteiger charge is -2.29. The summed E-state index contributed by atoms with van der Waals surface area (Å²) in [6.07, 6.45) is 2.50. The first-order valence-electron chi connectivity index (χ1n) is 7.34. The zero-order valence-electron chi connectivity index (χ0n) is 13.0. The largest absolute Gasteiger partial charge is 0.311 e. The van der Waals surface area contributed by atoms with E-state index in [4.69, 9.17) is 11.6 Å². The third kappa shape index (κ3) is 5.97. The molecule has 19 heavy (non-hydrogen) atoms. The van der Waals surface area contributed by atoms with Crippen LogP contribution in [0.2, 0.25) is 5.02 Å². The highest BCUT2D eigenvalue weighted by molar-refractivity contribution is 6.30. The molecular weight excluding hydrogens is 254 g/mol. The molecule has 0 radical (unpaired) electrons. The Balaban J connectivity index is 2.82. The molecule has 0 saturated heterocycles. The summed E-state index contributed by atoms with van der Waals surface area (Å²) in [4.78, 5) is 0. The maximum atomic E-state index is 5.99. The lowest BCUT2D eigenvalue weighted by Crippen LogP contribution is -2.39. The normalized spacial score (nSPS) is 15.3. The first-order chi connectivity index (χ1) is 8.83. The first kappa shape index (κ1) is 16.5. The van der Waals surface area contributed by atoms with Crippen LogP contribution in [0.1, 0.15) is 58.9 Å². The second kappa shape index (κ2) is 7.31. The summed E-state index contributed by atoms with van der Waals surface area (Å²) < 4.78 is 0. The Kier molecular flexibility index (Phi) is 6.35. The van der Waals surface area contributed by atoms with Crippen molar-refractivity contribution < 1.29 is 0 Å². The third-order valence-corrected chi connectivity index (χ3v) is 3.83. The molecule has 1 rings (SSSR count). The van der Waals surface area contributed by atoms with Gasteiger partial charge in [0, 0.05) is 17.1 Å². The van der Waals surface area contributed by atoms with Crippen molar-refractivity contribution in [2.75, 3.05) is 6.54 Å². The Morgan fingerprint density at radius 3 is 2.21 bits per heavy atom. The summed E-state index contributed by atoms with van der Waals surface area (Å²) in [6.45, 7) is 12.3. The number of nitrogens with one attached hydrogen (secondary N) is 1. The molecule has 0 aliphatic heterocycles. The van der Waals surface area contributed by atoms with Crippen LogP contribution in [0, 0.1) is 5.92 Å². The third-order valence-electron chi connectivity index (χ3n) is 3.58. The summed E-state index contributed by atoms with van der Waals surface area (Å²) in [6, 6.07) is 8.34. The van der Waals surface area contributed by atoms with Gasteiger partial charge in [0.2, 0.25) is 0 Å². The van der Waals surface area contributed by atoms with E-state index < -0.39 is 0 Å². The van der Waals surface area contributed by atoms with Crippen LogP contribution in [0.3, 0.4) is 0 Å². The van der Waals surface area contributed by atoms with Gasteiger partial charge in [-0.05, 0) is 50.3 Å². The van der Waals surface area contributed by atoms with Crippen molar-refractivity contribution in [3.8, 4) is 0 Å². The molecule has 1 nitrogen and oxygen atoms in total. The summed E-state index contributed by atoms with van der Waals surface area (Å²) in [5.41, 5.74) is 1.55. The van der Waals surface area contributed by atoms with Gasteiger partial charge in [0.25, 0.3) is 0 Å². The highest BCUT2D eigenvalue weighted by Crippen LogP contribution is 2.28. The van der Waals surface area contributed by atoms with Crippen molar-refractivity contribution in [3.05, 3.63) is 34.9 Å². The SMILES string of the molecule is CCCC(C)C(CNC(C)(C)C)c1ccc(Cl)cc1. The molecule has 0 heterocycles. The van der Waals surface area contributed by atoms with E-state index in [0.29, 0.717) is 11.8 Å². The number of halogens is 1. The van der Waals surface area contributed by atoms with Crippen molar-refractivity contribution in [2.24, 2.45) is 5.92 Å². The number of benzene rings is 1. The van der Waals surface area contributed by atoms with Crippen molar-refractivity contribution in [2.45, 2.75) is 58.9 Å². The fourth-order valence-electron chi connectivity index (χ4n) is 2.43. The van der Waals surface area contributed by atoms with E-state index in [2.05, 4.69) is 52.1 Å². The van der Waals surface area contributed by atoms with E-state index in [1.54, 1.807) is 0 Å². The van der Waals surface area contributed by atoms with Crippen molar-refractivity contribution in [1.82, 2.24) is 5.32 Å². The van der Waals surface area contributed by atoms with E-state index >= 15 is 0 Å². The minimum atomic E-state index is 0.163. The predicted octanol–water partition coefficient (Wildman–Crippen LogP) is 5.25. The lowest BCUT2D eigenvalue weighted by molar-refractivity contribution is 0.348. The van der Waals surface area contributed by atoms with Gasteiger partial charge in [0.1, 0.15) is 0 Å². The molecule has 0 fully saturated rings. The molecule has 0 spiro atoms. The molecule has 1 aromatic carbocycles. The maximum absolute atomic E-state index is 5.99. The van der Waals surface area contributed by atoms with Crippen LogP contribution in [-0.2, 0) is 0 Å². The minimum Gasteiger partial charge on any atom is -0.311 e. The van der Waals surface area contributed by atoms with E-state index in [-0.39, 0.29) is 5.54 Å². The second-order valence-electron chi connectivity index (χ2n) is 6.55. The number of rotatable bonds is 6. The molecule has 0 saturated carbocycles. The molecule has 108 valence electrons. The van der Waals surface area contributed by atoms with Gasteiger partial charge in [0.05, 0.1) is 0 Å². The molecule has 1 N–H and O–H groups in total. The van der Waals surface area contributed by atoms with Gasteiger partial charge in [-0.25, -0.2) is 0 Å². The molecule has 0 aliphatic rings. The first-order valence-corrected chi connectivity index (χ1v) is 7.71. The van der Waals surface area contributed by atoms with E-state index in [1.807, 2.05) is 12.1 Å². The Labute approximate surface area is 123 Å². The van der Waals surface area contributed by atoms with E-state index in [1.165, 1.54) is 18.4 Å². The van der Waals surface area contributed by atoms with E-state index in [0.717, 1.165) is 11.6 Å².